The van der Waals surface area contributed by atoms with Crippen molar-refractivity contribution in [3.8, 4) is 0 Å². The standard InChI is InChI=1S/C9H10N4OS/c1-5-11-7-3-2-6(4-8(7)15-5)12-9(14)13-10/h2-4H,10H2,1H3,(H2,12,13,14). The fourth-order valence-corrected chi connectivity index (χ4v) is 2.15. The minimum atomic E-state index is -0.435. The first-order chi connectivity index (χ1) is 7.19. The molecule has 1 aromatic carbocycles. The van der Waals surface area contributed by atoms with E-state index in [2.05, 4.69) is 10.3 Å². The summed E-state index contributed by atoms with van der Waals surface area (Å²) in [5, 5.41) is 3.60. The average molecular weight is 222 g/mol. The number of urea groups is 1. The van der Waals surface area contributed by atoms with Crippen molar-refractivity contribution >= 4 is 33.3 Å². The van der Waals surface area contributed by atoms with Crippen LogP contribution in [-0.4, -0.2) is 11.0 Å². The van der Waals surface area contributed by atoms with Crippen LogP contribution in [0.15, 0.2) is 18.2 Å². The Labute approximate surface area is 90.3 Å². The minimum absolute atomic E-state index is 0.435. The van der Waals surface area contributed by atoms with Gasteiger partial charge in [0.15, 0.2) is 0 Å². The second-order valence-electron chi connectivity index (χ2n) is 3.01. The number of hydrogen-bond acceptors (Lipinski definition) is 4. The normalized spacial score (nSPS) is 10.3. The molecule has 0 aliphatic rings. The second kappa shape index (κ2) is 3.84. The number of fused-ring (bicyclic) bond motifs is 1. The van der Waals surface area contributed by atoms with Crippen LogP contribution >= 0.6 is 11.3 Å². The Morgan fingerprint density at radius 2 is 2.33 bits per heavy atom. The second-order valence-corrected chi connectivity index (χ2v) is 4.25. The highest BCUT2D eigenvalue weighted by Gasteiger charge is 2.03. The van der Waals surface area contributed by atoms with E-state index in [1.165, 1.54) is 0 Å². The number of carbonyl (C=O) groups excluding carboxylic acids is 1. The van der Waals surface area contributed by atoms with Gasteiger partial charge in [0.2, 0.25) is 0 Å². The smallest absolute Gasteiger partial charge is 0.307 e. The van der Waals surface area contributed by atoms with Crippen molar-refractivity contribution in [3.05, 3.63) is 23.2 Å². The van der Waals surface area contributed by atoms with Gasteiger partial charge in [-0.3, -0.25) is 5.43 Å². The first-order valence-electron chi connectivity index (χ1n) is 4.34. The van der Waals surface area contributed by atoms with Crippen LogP contribution in [0.25, 0.3) is 10.2 Å². The molecule has 0 saturated heterocycles. The molecule has 5 nitrogen and oxygen atoms in total. The molecule has 0 bridgehead atoms. The van der Waals surface area contributed by atoms with Crippen molar-refractivity contribution in [2.24, 2.45) is 5.84 Å². The van der Waals surface area contributed by atoms with Gasteiger partial charge in [-0.05, 0) is 25.1 Å². The van der Waals surface area contributed by atoms with Gasteiger partial charge in [0.05, 0.1) is 15.2 Å². The van der Waals surface area contributed by atoms with Crippen LogP contribution < -0.4 is 16.6 Å². The number of aryl methyl sites for hydroxylation is 1. The van der Waals surface area contributed by atoms with E-state index in [4.69, 9.17) is 5.84 Å². The lowest BCUT2D eigenvalue weighted by molar-refractivity contribution is 0.252. The summed E-state index contributed by atoms with van der Waals surface area (Å²) in [5.74, 6) is 4.96. The zero-order valence-corrected chi connectivity index (χ0v) is 8.89. The number of nitrogens with zero attached hydrogens (tertiary/aromatic N) is 1. The summed E-state index contributed by atoms with van der Waals surface area (Å²) in [6.45, 7) is 1.95. The van der Waals surface area contributed by atoms with E-state index in [1.807, 2.05) is 24.5 Å². The predicted octanol–water partition coefficient (Wildman–Crippen LogP) is 1.60. The maximum atomic E-state index is 11.0. The van der Waals surface area contributed by atoms with Gasteiger partial charge in [0.1, 0.15) is 0 Å². The largest absolute Gasteiger partial charge is 0.333 e. The van der Waals surface area contributed by atoms with E-state index in [9.17, 15) is 4.79 Å². The topological polar surface area (TPSA) is 80.0 Å². The lowest BCUT2D eigenvalue weighted by Crippen LogP contribution is -2.34. The summed E-state index contributed by atoms with van der Waals surface area (Å²) < 4.78 is 1.04. The van der Waals surface area contributed by atoms with Crippen molar-refractivity contribution < 1.29 is 4.79 Å². The van der Waals surface area contributed by atoms with Crippen molar-refractivity contribution in [1.29, 1.82) is 0 Å². The van der Waals surface area contributed by atoms with Gasteiger partial charge >= 0.3 is 6.03 Å². The number of nitrogens with one attached hydrogen (secondary N) is 2. The molecule has 0 fully saturated rings. The molecule has 0 spiro atoms. The molecule has 4 N–H and O–H groups in total. The van der Waals surface area contributed by atoms with E-state index in [0.29, 0.717) is 5.69 Å². The number of hydrazine groups is 1. The fourth-order valence-electron chi connectivity index (χ4n) is 1.28. The molecule has 6 heteroatoms. The predicted molar refractivity (Wildman–Crippen MR) is 60.7 cm³/mol. The molecule has 0 unspecified atom stereocenters. The Bertz CT molecular complexity index is 508. The number of amides is 2. The zero-order chi connectivity index (χ0) is 10.8. The summed E-state index contributed by atoms with van der Waals surface area (Å²) in [5.41, 5.74) is 3.65. The van der Waals surface area contributed by atoms with E-state index in [-0.39, 0.29) is 0 Å². The Morgan fingerprint density at radius 1 is 1.53 bits per heavy atom. The number of carbonyl (C=O) groups is 1. The molecule has 2 aromatic rings. The molecule has 0 saturated carbocycles. The van der Waals surface area contributed by atoms with Crippen molar-refractivity contribution in [3.63, 3.8) is 0 Å². The van der Waals surface area contributed by atoms with Crippen LogP contribution in [0.3, 0.4) is 0 Å². The number of rotatable bonds is 1. The highest BCUT2D eigenvalue weighted by Crippen LogP contribution is 2.24. The number of thiazole rings is 1. The fraction of sp³-hybridized carbons (Fsp3) is 0.111. The van der Waals surface area contributed by atoms with Crippen LogP contribution in [0.5, 0.6) is 0 Å². The van der Waals surface area contributed by atoms with Gasteiger partial charge in [0, 0.05) is 5.69 Å². The van der Waals surface area contributed by atoms with Gasteiger partial charge < -0.3 is 5.32 Å². The molecule has 0 radical (unpaired) electrons. The lowest BCUT2D eigenvalue weighted by Gasteiger charge is -2.02. The van der Waals surface area contributed by atoms with E-state index in [0.717, 1.165) is 15.2 Å². The summed E-state index contributed by atoms with van der Waals surface area (Å²) in [6, 6.07) is 5.09. The average Bonchev–Trinajstić information content (AvgIpc) is 2.57. The minimum Gasteiger partial charge on any atom is -0.307 e. The van der Waals surface area contributed by atoms with Crippen molar-refractivity contribution in [1.82, 2.24) is 10.4 Å². The molecule has 2 amide bonds. The highest BCUT2D eigenvalue weighted by atomic mass is 32.1. The molecule has 0 aliphatic heterocycles. The highest BCUT2D eigenvalue weighted by molar-refractivity contribution is 7.18. The summed E-state index contributed by atoms with van der Waals surface area (Å²) >= 11 is 1.59. The molecule has 78 valence electrons. The van der Waals surface area contributed by atoms with E-state index >= 15 is 0 Å². The Kier molecular flexibility index (Phi) is 2.53. The Balaban J connectivity index is 2.33. The zero-order valence-electron chi connectivity index (χ0n) is 8.07. The van der Waals surface area contributed by atoms with Crippen LogP contribution in [0.1, 0.15) is 5.01 Å². The number of nitrogens with two attached hydrogens (primary N) is 1. The summed E-state index contributed by atoms with van der Waals surface area (Å²) in [4.78, 5) is 15.3. The van der Waals surface area contributed by atoms with Gasteiger partial charge in [-0.1, -0.05) is 0 Å². The molecule has 1 aromatic heterocycles. The molecule has 2 rings (SSSR count). The van der Waals surface area contributed by atoms with Crippen LogP contribution in [0.2, 0.25) is 0 Å². The van der Waals surface area contributed by atoms with Gasteiger partial charge in [-0.25, -0.2) is 15.6 Å². The monoisotopic (exact) mass is 222 g/mol. The summed E-state index contributed by atoms with van der Waals surface area (Å²) in [6.07, 6.45) is 0. The number of aromatic nitrogens is 1. The van der Waals surface area contributed by atoms with Crippen LogP contribution in [0, 0.1) is 6.92 Å². The van der Waals surface area contributed by atoms with Crippen molar-refractivity contribution in [2.45, 2.75) is 6.92 Å². The molecule has 0 aliphatic carbocycles. The maximum Gasteiger partial charge on any atom is 0.333 e. The first-order valence-corrected chi connectivity index (χ1v) is 5.15. The third-order valence-corrected chi connectivity index (χ3v) is 2.82. The Morgan fingerprint density at radius 3 is 3.07 bits per heavy atom. The van der Waals surface area contributed by atoms with Crippen LogP contribution in [-0.2, 0) is 0 Å². The third kappa shape index (κ3) is 2.05. The first kappa shape index (κ1) is 9.88. The maximum absolute atomic E-state index is 11.0. The van der Waals surface area contributed by atoms with E-state index < -0.39 is 6.03 Å². The lowest BCUT2D eigenvalue weighted by atomic mass is 10.3. The molecular formula is C9H10N4OS. The van der Waals surface area contributed by atoms with Gasteiger partial charge in [0.25, 0.3) is 0 Å². The third-order valence-electron chi connectivity index (χ3n) is 1.88. The SMILES string of the molecule is Cc1nc2ccc(NC(=O)NN)cc2s1. The molecule has 15 heavy (non-hydrogen) atoms. The van der Waals surface area contributed by atoms with Crippen molar-refractivity contribution in [2.75, 3.05) is 5.32 Å². The molecular weight excluding hydrogens is 212 g/mol. The number of anilines is 1. The van der Waals surface area contributed by atoms with Gasteiger partial charge in [-0.15, -0.1) is 11.3 Å². The quantitative estimate of drug-likeness (QED) is 0.389. The van der Waals surface area contributed by atoms with E-state index in [1.54, 1.807) is 17.4 Å². The summed E-state index contributed by atoms with van der Waals surface area (Å²) in [7, 11) is 0. The molecule has 0 atom stereocenters. The van der Waals surface area contributed by atoms with Crippen LogP contribution in [0.4, 0.5) is 10.5 Å². The van der Waals surface area contributed by atoms with Gasteiger partial charge in [-0.2, -0.15) is 0 Å². The molecule has 1 heterocycles. The Hall–Kier alpha value is -1.66. The number of benzene rings is 1. The number of hydrogen-bond donors (Lipinski definition) is 3.